The lowest BCUT2D eigenvalue weighted by atomic mass is 9.96. The summed E-state index contributed by atoms with van der Waals surface area (Å²) in [7, 11) is 2.02. The number of nitrogens with zero attached hydrogens (tertiary/aromatic N) is 6. The molecule has 3 aromatic rings. The molecule has 0 aliphatic carbocycles. The number of piperidine rings is 1. The van der Waals surface area contributed by atoms with Gasteiger partial charge >= 0.3 is 0 Å². The number of imidazole rings is 2. The van der Waals surface area contributed by atoms with Crippen LogP contribution < -0.4 is 0 Å². The smallest absolute Gasteiger partial charge is 0.255 e. The van der Waals surface area contributed by atoms with E-state index in [0.717, 1.165) is 36.7 Å². The summed E-state index contributed by atoms with van der Waals surface area (Å²) in [6.45, 7) is 3.48. The van der Waals surface area contributed by atoms with Crippen LogP contribution in [-0.4, -0.2) is 48.0 Å². The van der Waals surface area contributed by atoms with Crippen LogP contribution in [0.4, 0.5) is 0 Å². The van der Waals surface area contributed by atoms with E-state index in [0.29, 0.717) is 12.1 Å². The lowest BCUT2D eigenvalue weighted by Crippen LogP contribution is -2.39. The molecule has 7 nitrogen and oxygen atoms in total. The average molecular weight is 350 g/mol. The van der Waals surface area contributed by atoms with E-state index in [9.17, 15) is 4.79 Å². The van der Waals surface area contributed by atoms with Gasteiger partial charge in [0.05, 0.1) is 11.3 Å². The van der Waals surface area contributed by atoms with Crippen molar-refractivity contribution in [3.8, 4) is 5.82 Å². The van der Waals surface area contributed by atoms with Crippen molar-refractivity contribution >= 4 is 5.91 Å². The van der Waals surface area contributed by atoms with Crippen LogP contribution in [0.5, 0.6) is 0 Å². The van der Waals surface area contributed by atoms with Crippen LogP contribution in [0, 0.1) is 6.92 Å². The molecule has 1 atom stereocenters. The van der Waals surface area contributed by atoms with Gasteiger partial charge in [-0.15, -0.1) is 0 Å². The number of carbonyl (C=O) groups excluding carboxylic acids is 1. The highest BCUT2D eigenvalue weighted by Gasteiger charge is 2.28. The highest BCUT2D eigenvalue weighted by atomic mass is 16.2. The molecule has 1 aliphatic heterocycles. The minimum atomic E-state index is 0.0327. The van der Waals surface area contributed by atoms with Crippen molar-refractivity contribution < 1.29 is 4.79 Å². The molecule has 0 spiro atoms. The SMILES string of the molecule is Cc1cn(C)c(C2CCCN(C(=O)c3ccc(-n4ccnc4)nc3)C2)n1. The van der Waals surface area contributed by atoms with Crippen molar-refractivity contribution in [3.63, 3.8) is 0 Å². The van der Waals surface area contributed by atoms with Gasteiger partial charge < -0.3 is 9.47 Å². The van der Waals surface area contributed by atoms with E-state index in [1.54, 1.807) is 18.7 Å². The third-order valence-electron chi connectivity index (χ3n) is 4.87. The number of aromatic nitrogens is 5. The first kappa shape index (κ1) is 16.5. The highest BCUT2D eigenvalue weighted by molar-refractivity contribution is 5.94. The van der Waals surface area contributed by atoms with E-state index in [4.69, 9.17) is 0 Å². The summed E-state index contributed by atoms with van der Waals surface area (Å²) >= 11 is 0. The molecule has 4 rings (SSSR count). The van der Waals surface area contributed by atoms with Crippen molar-refractivity contribution in [2.24, 2.45) is 7.05 Å². The summed E-state index contributed by atoms with van der Waals surface area (Å²) in [5, 5.41) is 0. The lowest BCUT2D eigenvalue weighted by Gasteiger charge is -2.32. The Labute approximate surface area is 152 Å². The second kappa shape index (κ2) is 6.74. The maximum Gasteiger partial charge on any atom is 0.255 e. The molecule has 1 unspecified atom stereocenters. The second-order valence-corrected chi connectivity index (χ2v) is 6.82. The molecule has 134 valence electrons. The molecule has 1 amide bonds. The van der Waals surface area contributed by atoms with Gasteiger partial charge in [-0.05, 0) is 31.9 Å². The van der Waals surface area contributed by atoms with Crippen LogP contribution in [-0.2, 0) is 7.05 Å². The molecule has 7 heteroatoms. The summed E-state index contributed by atoms with van der Waals surface area (Å²) in [5.74, 6) is 2.13. The molecule has 0 radical (unpaired) electrons. The van der Waals surface area contributed by atoms with Crippen LogP contribution in [0.25, 0.3) is 5.82 Å². The van der Waals surface area contributed by atoms with Crippen molar-refractivity contribution in [2.45, 2.75) is 25.7 Å². The minimum absolute atomic E-state index is 0.0327. The monoisotopic (exact) mass is 350 g/mol. The zero-order chi connectivity index (χ0) is 18.1. The molecule has 26 heavy (non-hydrogen) atoms. The van der Waals surface area contributed by atoms with Gasteiger partial charge in [-0.1, -0.05) is 0 Å². The van der Waals surface area contributed by atoms with Gasteiger partial charge in [0.2, 0.25) is 0 Å². The molecule has 1 aliphatic rings. The van der Waals surface area contributed by atoms with Gasteiger partial charge in [0.1, 0.15) is 18.0 Å². The molecular weight excluding hydrogens is 328 g/mol. The predicted octanol–water partition coefficient (Wildman–Crippen LogP) is 2.33. The lowest BCUT2D eigenvalue weighted by molar-refractivity contribution is 0.0703. The van der Waals surface area contributed by atoms with Gasteiger partial charge in [0, 0.05) is 50.8 Å². The molecule has 3 aromatic heterocycles. The number of likely N-dealkylation sites (tertiary alicyclic amines) is 1. The normalized spacial score (nSPS) is 17.5. The zero-order valence-electron chi connectivity index (χ0n) is 15.0. The van der Waals surface area contributed by atoms with E-state index in [1.165, 1.54) is 0 Å². The first-order valence-corrected chi connectivity index (χ1v) is 8.85. The van der Waals surface area contributed by atoms with Crippen LogP contribution in [0.15, 0.2) is 43.2 Å². The van der Waals surface area contributed by atoms with E-state index in [-0.39, 0.29) is 11.8 Å². The Morgan fingerprint density at radius 3 is 2.85 bits per heavy atom. The average Bonchev–Trinajstić information content (AvgIpc) is 3.31. The molecule has 1 fully saturated rings. The maximum absolute atomic E-state index is 12.9. The van der Waals surface area contributed by atoms with Gasteiger partial charge in [0.15, 0.2) is 0 Å². The quantitative estimate of drug-likeness (QED) is 0.727. The Balaban J connectivity index is 1.50. The van der Waals surface area contributed by atoms with Crippen LogP contribution in [0.3, 0.4) is 0 Å². The van der Waals surface area contributed by atoms with Crippen LogP contribution in [0.2, 0.25) is 0 Å². The fraction of sp³-hybridized carbons (Fsp3) is 0.368. The molecule has 0 N–H and O–H groups in total. The Bertz CT molecular complexity index is 897. The molecule has 1 saturated heterocycles. The number of hydrogen-bond acceptors (Lipinski definition) is 4. The standard InChI is InChI=1S/C19H22N6O/c1-14-11-23(2)18(22-14)16-4-3-8-24(12-16)19(26)15-5-6-17(21-10-15)25-9-7-20-13-25/h5-7,9-11,13,16H,3-4,8,12H2,1-2H3. The van der Waals surface area contributed by atoms with Gasteiger partial charge in [-0.25, -0.2) is 15.0 Å². The fourth-order valence-corrected chi connectivity index (χ4v) is 3.63. The van der Waals surface area contributed by atoms with Crippen molar-refractivity contribution in [2.75, 3.05) is 13.1 Å². The summed E-state index contributed by atoms with van der Waals surface area (Å²) in [5.41, 5.74) is 1.63. The minimum Gasteiger partial charge on any atom is -0.338 e. The largest absolute Gasteiger partial charge is 0.338 e. The first-order valence-electron chi connectivity index (χ1n) is 8.85. The second-order valence-electron chi connectivity index (χ2n) is 6.82. The Hall–Kier alpha value is -2.96. The van der Waals surface area contributed by atoms with Crippen molar-refractivity contribution in [1.82, 2.24) is 29.0 Å². The molecule has 0 saturated carbocycles. The van der Waals surface area contributed by atoms with Gasteiger partial charge in [0.25, 0.3) is 5.91 Å². The topological polar surface area (TPSA) is 68.8 Å². The third kappa shape index (κ3) is 3.12. The van der Waals surface area contributed by atoms with Crippen LogP contribution in [0.1, 0.15) is 40.6 Å². The summed E-state index contributed by atoms with van der Waals surface area (Å²) in [4.78, 5) is 27.9. The van der Waals surface area contributed by atoms with Crippen molar-refractivity contribution in [1.29, 1.82) is 0 Å². The number of amides is 1. The molecule has 0 aromatic carbocycles. The van der Waals surface area contributed by atoms with Crippen LogP contribution >= 0.6 is 0 Å². The summed E-state index contributed by atoms with van der Waals surface area (Å²) in [6, 6.07) is 3.68. The Morgan fingerprint density at radius 2 is 2.19 bits per heavy atom. The number of carbonyl (C=O) groups is 1. The van der Waals surface area contributed by atoms with E-state index < -0.39 is 0 Å². The predicted molar refractivity (Wildman–Crippen MR) is 97.2 cm³/mol. The number of aryl methyl sites for hydroxylation is 2. The van der Waals surface area contributed by atoms with E-state index in [1.807, 2.05) is 48.0 Å². The Kier molecular flexibility index (Phi) is 4.28. The maximum atomic E-state index is 12.9. The summed E-state index contributed by atoms with van der Waals surface area (Å²) in [6.07, 6.45) is 10.9. The highest BCUT2D eigenvalue weighted by Crippen LogP contribution is 2.27. The molecule has 4 heterocycles. The molecular formula is C19H22N6O. The van der Waals surface area contributed by atoms with E-state index >= 15 is 0 Å². The zero-order valence-corrected chi connectivity index (χ0v) is 15.0. The fourth-order valence-electron chi connectivity index (χ4n) is 3.63. The first-order chi connectivity index (χ1) is 12.6. The van der Waals surface area contributed by atoms with Gasteiger partial charge in [-0.3, -0.25) is 9.36 Å². The number of hydrogen-bond donors (Lipinski definition) is 0. The van der Waals surface area contributed by atoms with E-state index in [2.05, 4.69) is 19.5 Å². The summed E-state index contributed by atoms with van der Waals surface area (Å²) < 4.78 is 3.89. The number of rotatable bonds is 3. The number of pyridine rings is 1. The van der Waals surface area contributed by atoms with Crippen molar-refractivity contribution in [3.05, 3.63) is 60.3 Å². The Morgan fingerprint density at radius 1 is 1.31 bits per heavy atom. The third-order valence-corrected chi connectivity index (χ3v) is 4.87. The van der Waals surface area contributed by atoms with Gasteiger partial charge in [-0.2, -0.15) is 0 Å². The molecule has 0 bridgehead atoms.